The summed E-state index contributed by atoms with van der Waals surface area (Å²) in [6.07, 6.45) is 1.81. The predicted octanol–water partition coefficient (Wildman–Crippen LogP) is 4.16. The molecule has 0 bridgehead atoms. The van der Waals surface area contributed by atoms with Gasteiger partial charge in [-0.05, 0) is 76.1 Å². The number of nitrogens with zero attached hydrogens (tertiary/aromatic N) is 4. The molecule has 31 heavy (non-hydrogen) atoms. The smallest absolute Gasteiger partial charge is 0.170 e. The molecule has 0 amide bonds. The van der Waals surface area contributed by atoms with Crippen LogP contribution in [0.3, 0.4) is 0 Å². The maximum absolute atomic E-state index is 14.6. The number of rotatable bonds is 6. The topological polar surface area (TPSA) is 36.3 Å². The van der Waals surface area contributed by atoms with E-state index in [1.54, 1.807) is 6.07 Å². The number of benzene rings is 1. The Kier molecular flexibility index (Phi) is 6.07. The highest BCUT2D eigenvalue weighted by molar-refractivity contribution is 7.80. The zero-order chi connectivity index (χ0) is 22.1. The molecule has 1 aliphatic heterocycles. The summed E-state index contributed by atoms with van der Waals surface area (Å²) < 4.78 is 16.6. The van der Waals surface area contributed by atoms with Gasteiger partial charge in [-0.1, -0.05) is 18.2 Å². The third kappa shape index (κ3) is 4.07. The minimum absolute atomic E-state index is 0.0333. The lowest BCUT2D eigenvalue weighted by Crippen LogP contribution is -2.35. The molecule has 0 aliphatic carbocycles. The lowest BCUT2D eigenvalue weighted by molar-refractivity contribution is 0.277. The van der Waals surface area contributed by atoms with E-state index in [1.165, 1.54) is 6.07 Å². The summed E-state index contributed by atoms with van der Waals surface area (Å²) in [4.78, 5) is 8.99. The van der Waals surface area contributed by atoms with Crippen LogP contribution in [0.5, 0.6) is 0 Å². The summed E-state index contributed by atoms with van der Waals surface area (Å²) in [7, 11) is 4.11. The van der Waals surface area contributed by atoms with Gasteiger partial charge in [0.2, 0.25) is 0 Å². The fraction of sp³-hybridized carbons (Fsp3) is 0.333. The molecule has 0 saturated carbocycles. The first kappa shape index (κ1) is 21.5. The molecule has 0 radical (unpaired) electrons. The maximum atomic E-state index is 14.6. The van der Waals surface area contributed by atoms with E-state index < -0.39 is 0 Å². The Morgan fingerprint density at radius 1 is 1.13 bits per heavy atom. The summed E-state index contributed by atoms with van der Waals surface area (Å²) in [5, 5.41) is 4.21. The molecule has 1 aliphatic rings. The average molecular weight is 438 g/mol. The van der Waals surface area contributed by atoms with Crippen molar-refractivity contribution >= 4 is 17.3 Å². The number of para-hydroxylation sites is 1. The molecule has 1 N–H and O–H groups in total. The molecule has 5 nitrogen and oxygen atoms in total. The van der Waals surface area contributed by atoms with Crippen molar-refractivity contribution in [3.05, 3.63) is 83.2 Å². The molecule has 1 saturated heterocycles. The number of halogens is 1. The standard InChI is InChI=1S/C24H28FN5S/c1-16-15-18(17(2)30(16)21-11-6-5-9-19(21)25)23-22(20-10-7-8-12-26-20)27-24(31)29(23)14-13-28(3)4/h5-12,15,22-23H,13-14H2,1-4H3,(H,27,31). The first-order valence-electron chi connectivity index (χ1n) is 10.4. The van der Waals surface area contributed by atoms with E-state index in [2.05, 4.69) is 47.2 Å². The molecular weight excluding hydrogens is 409 g/mol. The second-order valence-electron chi connectivity index (χ2n) is 8.24. The van der Waals surface area contributed by atoms with E-state index in [0.29, 0.717) is 5.69 Å². The number of aromatic nitrogens is 2. The summed E-state index contributed by atoms with van der Waals surface area (Å²) >= 11 is 5.75. The van der Waals surface area contributed by atoms with Crippen molar-refractivity contribution in [3.63, 3.8) is 0 Å². The number of nitrogens with one attached hydrogen (secondary N) is 1. The second-order valence-corrected chi connectivity index (χ2v) is 8.62. The van der Waals surface area contributed by atoms with Crippen LogP contribution in [0.4, 0.5) is 4.39 Å². The molecule has 0 spiro atoms. The molecule has 2 aromatic heterocycles. The van der Waals surface area contributed by atoms with Gasteiger partial charge in [-0.3, -0.25) is 4.98 Å². The van der Waals surface area contributed by atoms with E-state index in [4.69, 9.17) is 12.2 Å². The highest BCUT2D eigenvalue weighted by Gasteiger charge is 2.41. The first-order valence-corrected chi connectivity index (χ1v) is 10.9. The summed E-state index contributed by atoms with van der Waals surface area (Å²) in [5.41, 5.74) is 4.63. The van der Waals surface area contributed by atoms with Crippen LogP contribution < -0.4 is 5.32 Å². The monoisotopic (exact) mass is 437 g/mol. The van der Waals surface area contributed by atoms with Crippen molar-refractivity contribution < 1.29 is 4.39 Å². The van der Waals surface area contributed by atoms with Crippen LogP contribution in [-0.4, -0.2) is 51.6 Å². The number of thiocarbonyl (C=S) groups is 1. The molecule has 3 heterocycles. The second kappa shape index (κ2) is 8.77. The summed E-state index contributed by atoms with van der Waals surface area (Å²) in [6.45, 7) is 5.73. The first-order chi connectivity index (χ1) is 14.9. The third-order valence-electron chi connectivity index (χ3n) is 5.87. The van der Waals surface area contributed by atoms with Crippen molar-refractivity contribution in [2.75, 3.05) is 27.2 Å². The number of hydrogen-bond acceptors (Lipinski definition) is 3. The summed E-state index contributed by atoms with van der Waals surface area (Å²) in [5.74, 6) is -0.235. The van der Waals surface area contributed by atoms with Crippen molar-refractivity contribution in [3.8, 4) is 5.69 Å². The van der Waals surface area contributed by atoms with Gasteiger partial charge in [0.25, 0.3) is 0 Å². The highest BCUT2D eigenvalue weighted by Crippen LogP contribution is 2.41. The van der Waals surface area contributed by atoms with Gasteiger partial charge in [-0.2, -0.15) is 0 Å². The molecule has 1 fully saturated rings. The lowest BCUT2D eigenvalue weighted by Gasteiger charge is -2.29. The number of aryl methyl sites for hydroxylation is 1. The quantitative estimate of drug-likeness (QED) is 0.586. The number of likely N-dealkylation sites (N-methyl/N-ethyl adjacent to an activating group) is 1. The Bertz CT molecular complexity index is 1080. The van der Waals surface area contributed by atoms with Gasteiger partial charge in [-0.15, -0.1) is 0 Å². The van der Waals surface area contributed by atoms with E-state index in [9.17, 15) is 4.39 Å². The zero-order valence-electron chi connectivity index (χ0n) is 18.3. The molecule has 4 rings (SSSR count). The highest BCUT2D eigenvalue weighted by atomic mass is 32.1. The van der Waals surface area contributed by atoms with E-state index in [0.717, 1.165) is 40.8 Å². The maximum Gasteiger partial charge on any atom is 0.170 e. The fourth-order valence-electron chi connectivity index (χ4n) is 4.38. The Morgan fingerprint density at radius 2 is 1.87 bits per heavy atom. The Morgan fingerprint density at radius 3 is 2.55 bits per heavy atom. The van der Waals surface area contributed by atoms with Gasteiger partial charge in [0, 0.05) is 30.7 Å². The van der Waals surface area contributed by atoms with Gasteiger partial charge in [-0.25, -0.2) is 4.39 Å². The van der Waals surface area contributed by atoms with Crippen LogP contribution in [-0.2, 0) is 0 Å². The van der Waals surface area contributed by atoms with Crippen molar-refractivity contribution in [1.82, 2.24) is 24.7 Å². The predicted molar refractivity (Wildman–Crippen MR) is 126 cm³/mol. The minimum Gasteiger partial charge on any atom is -0.352 e. The summed E-state index contributed by atoms with van der Waals surface area (Å²) in [6, 6.07) is 14.9. The van der Waals surface area contributed by atoms with E-state index in [-0.39, 0.29) is 17.9 Å². The van der Waals surface area contributed by atoms with Gasteiger partial charge in [0.1, 0.15) is 5.82 Å². The molecule has 162 valence electrons. The molecule has 7 heteroatoms. The van der Waals surface area contributed by atoms with Gasteiger partial charge in [0.15, 0.2) is 5.11 Å². The van der Waals surface area contributed by atoms with Crippen LogP contribution in [0.2, 0.25) is 0 Å². The fourth-order valence-corrected chi connectivity index (χ4v) is 4.72. The van der Waals surface area contributed by atoms with Crippen molar-refractivity contribution in [2.24, 2.45) is 0 Å². The number of hydrogen-bond donors (Lipinski definition) is 1. The SMILES string of the molecule is Cc1cc(C2C(c3ccccn3)NC(=S)N2CCN(C)C)c(C)n1-c1ccccc1F. The minimum atomic E-state index is -0.235. The van der Waals surface area contributed by atoms with Crippen LogP contribution in [0.25, 0.3) is 5.69 Å². The Balaban J connectivity index is 1.82. The van der Waals surface area contributed by atoms with E-state index in [1.807, 2.05) is 48.0 Å². The largest absolute Gasteiger partial charge is 0.352 e. The van der Waals surface area contributed by atoms with Crippen LogP contribution >= 0.6 is 12.2 Å². The van der Waals surface area contributed by atoms with Crippen LogP contribution in [0.15, 0.2) is 54.7 Å². The van der Waals surface area contributed by atoms with Gasteiger partial charge >= 0.3 is 0 Å². The average Bonchev–Trinajstić information content (AvgIpc) is 3.23. The van der Waals surface area contributed by atoms with Crippen LogP contribution in [0, 0.1) is 19.7 Å². The van der Waals surface area contributed by atoms with Gasteiger partial charge < -0.3 is 19.7 Å². The molecular formula is C24H28FN5S. The molecule has 1 aromatic carbocycles. The van der Waals surface area contributed by atoms with E-state index >= 15 is 0 Å². The lowest BCUT2D eigenvalue weighted by atomic mass is 9.96. The third-order valence-corrected chi connectivity index (χ3v) is 6.22. The Labute approximate surface area is 188 Å². The number of pyridine rings is 1. The van der Waals surface area contributed by atoms with Gasteiger partial charge in [0.05, 0.1) is 23.5 Å². The zero-order valence-corrected chi connectivity index (χ0v) is 19.2. The normalized spacial score (nSPS) is 18.6. The van der Waals surface area contributed by atoms with Crippen molar-refractivity contribution in [2.45, 2.75) is 25.9 Å². The Hall–Kier alpha value is -2.77. The molecule has 2 atom stereocenters. The molecule has 3 aromatic rings. The van der Waals surface area contributed by atoms with Crippen molar-refractivity contribution in [1.29, 1.82) is 0 Å². The molecule has 2 unspecified atom stereocenters. The van der Waals surface area contributed by atoms with Crippen LogP contribution in [0.1, 0.15) is 34.7 Å².